The highest BCUT2D eigenvalue weighted by Gasteiger charge is 2.11. The van der Waals surface area contributed by atoms with Crippen LogP contribution in [0.2, 0.25) is 0 Å². The number of hydrogen-bond donors (Lipinski definition) is 1. The van der Waals surface area contributed by atoms with Gasteiger partial charge in [-0.2, -0.15) is 0 Å². The largest absolute Gasteiger partial charge is 0.342 e. The lowest BCUT2D eigenvalue weighted by atomic mass is 10.2. The minimum absolute atomic E-state index is 0.0306. The Labute approximate surface area is 101 Å². The summed E-state index contributed by atoms with van der Waals surface area (Å²) >= 11 is 0. The molecule has 1 aromatic rings. The number of sulfonamides is 1. The van der Waals surface area contributed by atoms with Crippen molar-refractivity contribution in [1.82, 2.24) is 9.62 Å². The normalized spacial score (nSPS) is 11.2. The molecule has 0 saturated carbocycles. The van der Waals surface area contributed by atoms with Gasteiger partial charge in [-0.15, -0.1) is 0 Å². The van der Waals surface area contributed by atoms with Gasteiger partial charge in [-0.25, -0.2) is 13.1 Å². The number of benzene rings is 1. The highest BCUT2D eigenvalue weighted by atomic mass is 32.2. The second-order valence-electron chi connectivity index (χ2n) is 3.73. The van der Waals surface area contributed by atoms with Crippen molar-refractivity contribution in [3.8, 4) is 0 Å². The second-order valence-corrected chi connectivity index (χ2v) is 5.61. The van der Waals surface area contributed by atoms with Crippen molar-refractivity contribution in [2.45, 2.75) is 18.4 Å². The number of rotatable bonds is 4. The number of hydrogen-bond acceptors (Lipinski definition) is 3. The average Bonchev–Trinajstić information content (AvgIpc) is 2.29. The summed E-state index contributed by atoms with van der Waals surface area (Å²) in [6, 6.07) is 6.44. The molecule has 0 fully saturated rings. The maximum atomic E-state index is 11.5. The van der Waals surface area contributed by atoms with Crippen LogP contribution in [0.25, 0.3) is 0 Å². The van der Waals surface area contributed by atoms with Crippen LogP contribution < -0.4 is 4.72 Å². The quantitative estimate of drug-likeness (QED) is 0.856. The van der Waals surface area contributed by atoms with E-state index < -0.39 is 10.0 Å². The fourth-order valence-corrected chi connectivity index (χ4v) is 2.01. The first-order valence-electron chi connectivity index (χ1n) is 5.11. The van der Waals surface area contributed by atoms with E-state index in [9.17, 15) is 13.2 Å². The summed E-state index contributed by atoms with van der Waals surface area (Å²) in [4.78, 5) is 12.8. The Morgan fingerprint density at radius 2 is 1.82 bits per heavy atom. The van der Waals surface area contributed by atoms with Crippen LogP contribution in [0.4, 0.5) is 0 Å². The van der Waals surface area contributed by atoms with Crippen LogP contribution in [0, 0.1) is 0 Å². The first-order chi connectivity index (χ1) is 7.86. The van der Waals surface area contributed by atoms with Gasteiger partial charge in [-0.05, 0) is 24.7 Å². The van der Waals surface area contributed by atoms with Gasteiger partial charge in [0.2, 0.25) is 15.9 Å². The first kappa shape index (κ1) is 13.7. The summed E-state index contributed by atoms with van der Waals surface area (Å²) in [6.07, 6.45) is 0. The Hall–Kier alpha value is -1.40. The predicted molar refractivity (Wildman–Crippen MR) is 64.8 cm³/mol. The van der Waals surface area contributed by atoms with Crippen molar-refractivity contribution >= 4 is 15.9 Å². The van der Waals surface area contributed by atoms with Crippen molar-refractivity contribution in [3.05, 3.63) is 29.8 Å². The lowest BCUT2D eigenvalue weighted by Crippen LogP contribution is -2.23. The molecule has 0 aliphatic carbocycles. The van der Waals surface area contributed by atoms with Crippen molar-refractivity contribution in [2.24, 2.45) is 0 Å². The van der Waals surface area contributed by atoms with Gasteiger partial charge in [0.25, 0.3) is 0 Å². The topological polar surface area (TPSA) is 66.5 Å². The zero-order valence-corrected chi connectivity index (χ0v) is 10.9. The monoisotopic (exact) mass is 256 g/mol. The third-order valence-corrected chi connectivity index (χ3v) is 3.89. The number of amides is 1. The lowest BCUT2D eigenvalue weighted by molar-refractivity contribution is -0.128. The number of nitrogens with zero attached hydrogens (tertiary/aromatic N) is 1. The Bertz CT molecular complexity index is 494. The van der Waals surface area contributed by atoms with E-state index in [0.29, 0.717) is 6.54 Å². The van der Waals surface area contributed by atoms with E-state index in [1.54, 1.807) is 24.1 Å². The molecule has 1 aromatic carbocycles. The molecule has 94 valence electrons. The zero-order valence-electron chi connectivity index (χ0n) is 10.1. The molecular weight excluding hydrogens is 240 g/mol. The van der Waals surface area contributed by atoms with Crippen LogP contribution in [-0.2, 0) is 21.4 Å². The molecule has 17 heavy (non-hydrogen) atoms. The smallest absolute Gasteiger partial charge is 0.240 e. The van der Waals surface area contributed by atoms with Gasteiger partial charge in [0.15, 0.2) is 0 Å². The van der Waals surface area contributed by atoms with E-state index in [1.165, 1.54) is 26.1 Å². The van der Waals surface area contributed by atoms with Crippen molar-refractivity contribution in [3.63, 3.8) is 0 Å². The standard InChI is InChI=1S/C11H16N2O3S/c1-9(14)13(3)8-10-4-6-11(7-5-10)17(15,16)12-2/h4-7,12H,8H2,1-3H3. The van der Waals surface area contributed by atoms with E-state index >= 15 is 0 Å². The lowest BCUT2D eigenvalue weighted by Gasteiger charge is -2.14. The molecule has 0 aliphatic rings. The molecule has 6 heteroatoms. The van der Waals surface area contributed by atoms with Gasteiger partial charge in [-0.3, -0.25) is 4.79 Å². The third kappa shape index (κ3) is 3.54. The fourth-order valence-electron chi connectivity index (χ4n) is 1.28. The first-order valence-corrected chi connectivity index (χ1v) is 6.59. The predicted octanol–water partition coefficient (Wildman–Crippen LogP) is 0.573. The maximum Gasteiger partial charge on any atom is 0.240 e. The zero-order chi connectivity index (χ0) is 13.1. The number of carbonyl (C=O) groups excluding carboxylic acids is 1. The Morgan fingerprint density at radius 3 is 2.24 bits per heavy atom. The molecule has 0 heterocycles. The molecule has 0 spiro atoms. The van der Waals surface area contributed by atoms with Gasteiger partial charge < -0.3 is 4.90 Å². The van der Waals surface area contributed by atoms with Crippen LogP contribution >= 0.6 is 0 Å². The number of carbonyl (C=O) groups is 1. The highest BCUT2D eigenvalue weighted by Crippen LogP contribution is 2.11. The summed E-state index contributed by atoms with van der Waals surface area (Å²) in [7, 11) is -0.327. The molecule has 0 bridgehead atoms. The van der Waals surface area contributed by atoms with Crippen LogP contribution in [0.1, 0.15) is 12.5 Å². The van der Waals surface area contributed by atoms with E-state index in [-0.39, 0.29) is 10.8 Å². The van der Waals surface area contributed by atoms with E-state index in [4.69, 9.17) is 0 Å². The Balaban J connectivity index is 2.86. The molecule has 5 nitrogen and oxygen atoms in total. The van der Waals surface area contributed by atoms with Crippen LogP contribution in [-0.4, -0.2) is 33.3 Å². The second kappa shape index (κ2) is 5.29. The summed E-state index contributed by atoms with van der Waals surface area (Å²) in [5.41, 5.74) is 0.887. The van der Waals surface area contributed by atoms with Crippen LogP contribution in [0.15, 0.2) is 29.2 Å². The summed E-state index contributed by atoms with van der Waals surface area (Å²) in [5.74, 6) is -0.0306. The minimum atomic E-state index is -3.39. The summed E-state index contributed by atoms with van der Waals surface area (Å²) in [6.45, 7) is 1.95. The van der Waals surface area contributed by atoms with E-state index in [0.717, 1.165) is 5.56 Å². The van der Waals surface area contributed by atoms with Gasteiger partial charge in [0, 0.05) is 20.5 Å². The third-order valence-electron chi connectivity index (χ3n) is 2.46. The molecule has 0 saturated heterocycles. The molecule has 0 unspecified atom stereocenters. The van der Waals surface area contributed by atoms with Crippen LogP contribution in [0.5, 0.6) is 0 Å². The molecule has 1 rings (SSSR count). The molecule has 0 atom stereocenters. The van der Waals surface area contributed by atoms with Gasteiger partial charge in [0.1, 0.15) is 0 Å². The van der Waals surface area contributed by atoms with Crippen molar-refractivity contribution in [1.29, 1.82) is 0 Å². The summed E-state index contributed by atoms with van der Waals surface area (Å²) in [5, 5.41) is 0. The average molecular weight is 256 g/mol. The molecule has 1 amide bonds. The molecule has 0 radical (unpaired) electrons. The van der Waals surface area contributed by atoms with E-state index in [1.807, 2.05) is 0 Å². The fraction of sp³-hybridized carbons (Fsp3) is 0.364. The Kier molecular flexibility index (Phi) is 4.25. The minimum Gasteiger partial charge on any atom is -0.342 e. The Morgan fingerprint density at radius 1 is 1.29 bits per heavy atom. The van der Waals surface area contributed by atoms with Gasteiger partial charge in [0.05, 0.1) is 4.90 Å². The van der Waals surface area contributed by atoms with E-state index in [2.05, 4.69) is 4.72 Å². The van der Waals surface area contributed by atoms with Crippen molar-refractivity contribution in [2.75, 3.05) is 14.1 Å². The molecule has 1 N–H and O–H groups in total. The molecular formula is C11H16N2O3S. The van der Waals surface area contributed by atoms with Crippen LogP contribution in [0.3, 0.4) is 0 Å². The summed E-state index contributed by atoms with van der Waals surface area (Å²) < 4.78 is 25.2. The SMILES string of the molecule is CNS(=O)(=O)c1ccc(CN(C)C(C)=O)cc1. The van der Waals surface area contributed by atoms with Gasteiger partial charge in [-0.1, -0.05) is 12.1 Å². The van der Waals surface area contributed by atoms with Gasteiger partial charge >= 0.3 is 0 Å². The molecule has 0 aliphatic heterocycles. The maximum absolute atomic E-state index is 11.5. The molecule has 0 aromatic heterocycles. The number of nitrogens with one attached hydrogen (secondary N) is 1. The highest BCUT2D eigenvalue weighted by molar-refractivity contribution is 7.89. The van der Waals surface area contributed by atoms with Crippen molar-refractivity contribution < 1.29 is 13.2 Å².